The van der Waals surface area contributed by atoms with Gasteiger partial charge in [-0.2, -0.15) is 0 Å². The molecule has 1 amide bonds. The third-order valence-corrected chi connectivity index (χ3v) is 6.54. The molecule has 1 aliphatic heterocycles. The molecule has 3 heterocycles. The number of thioether (sulfide) groups is 1. The minimum absolute atomic E-state index is 0.250. The molecule has 0 radical (unpaired) electrons. The van der Waals surface area contributed by atoms with Gasteiger partial charge in [-0.05, 0) is 56.3 Å². The first kappa shape index (κ1) is 17.5. The molecule has 2 aromatic heterocycles. The number of primary amides is 1. The van der Waals surface area contributed by atoms with Crippen LogP contribution in [0.1, 0.15) is 36.2 Å². The SMILES string of the molecule is Cn1c(SCCCN2CCC3(CC3)C2)nnc1-c1ccc(C(N)=O)nc1. The van der Waals surface area contributed by atoms with Crippen LogP contribution in [-0.4, -0.2) is 55.9 Å². The van der Waals surface area contributed by atoms with Crippen molar-refractivity contribution in [3.05, 3.63) is 24.0 Å². The van der Waals surface area contributed by atoms with Gasteiger partial charge in [0.05, 0.1) is 0 Å². The molecule has 1 spiro atoms. The average Bonchev–Trinajstić information content (AvgIpc) is 3.12. The normalized spacial score (nSPS) is 18.5. The number of carbonyl (C=O) groups excluding carboxylic acids is 1. The zero-order valence-corrected chi connectivity index (χ0v) is 15.8. The highest BCUT2D eigenvalue weighted by Crippen LogP contribution is 2.52. The quantitative estimate of drug-likeness (QED) is 0.590. The Morgan fingerprint density at radius 3 is 2.81 bits per heavy atom. The predicted octanol–water partition coefficient (Wildman–Crippen LogP) is 1.94. The topological polar surface area (TPSA) is 89.9 Å². The number of nitrogens with two attached hydrogens (primary N) is 1. The first-order valence-electron chi connectivity index (χ1n) is 9.07. The fraction of sp³-hybridized carbons (Fsp3) is 0.556. The zero-order chi connectivity index (χ0) is 18.1. The van der Waals surface area contributed by atoms with Crippen molar-refractivity contribution in [3.8, 4) is 11.4 Å². The smallest absolute Gasteiger partial charge is 0.267 e. The van der Waals surface area contributed by atoms with Crippen molar-refractivity contribution in [1.82, 2.24) is 24.6 Å². The van der Waals surface area contributed by atoms with E-state index in [1.54, 1.807) is 30.1 Å². The highest BCUT2D eigenvalue weighted by atomic mass is 32.2. The Morgan fingerprint density at radius 2 is 2.15 bits per heavy atom. The van der Waals surface area contributed by atoms with Crippen molar-refractivity contribution >= 4 is 17.7 Å². The molecule has 138 valence electrons. The summed E-state index contributed by atoms with van der Waals surface area (Å²) in [4.78, 5) is 17.8. The average molecular weight is 372 g/mol. The van der Waals surface area contributed by atoms with Crippen molar-refractivity contribution < 1.29 is 4.79 Å². The molecule has 4 rings (SSSR count). The number of carbonyl (C=O) groups is 1. The van der Waals surface area contributed by atoms with E-state index in [-0.39, 0.29) is 5.69 Å². The van der Waals surface area contributed by atoms with Crippen LogP contribution in [-0.2, 0) is 7.05 Å². The maximum absolute atomic E-state index is 11.1. The van der Waals surface area contributed by atoms with E-state index < -0.39 is 5.91 Å². The summed E-state index contributed by atoms with van der Waals surface area (Å²) >= 11 is 1.74. The van der Waals surface area contributed by atoms with Crippen LogP contribution in [0, 0.1) is 5.41 Å². The molecule has 2 aromatic rings. The summed E-state index contributed by atoms with van der Waals surface area (Å²) in [6, 6.07) is 3.41. The monoisotopic (exact) mass is 372 g/mol. The van der Waals surface area contributed by atoms with Gasteiger partial charge < -0.3 is 15.2 Å². The molecular weight excluding hydrogens is 348 g/mol. The zero-order valence-electron chi connectivity index (χ0n) is 15.0. The molecule has 2 fully saturated rings. The summed E-state index contributed by atoms with van der Waals surface area (Å²) in [5.41, 5.74) is 7.01. The molecule has 0 unspecified atom stereocenters. The number of nitrogens with zero attached hydrogens (tertiary/aromatic N) is 5. The Kier molecular flexibility index (Phi) is 4.71. The molecule has 2 aliphatic rings. The minimum atomic E-state index is -0.531. The summed E-state index contributed by atoms with van der Waals surface area (Å²) in [6.45, 7) is 3.76. The molecule has 1 saturated carbocycles. The second-order valence-corrected chi connectivity index (χ2v) is 8.45. The van der Waals surface area contributed by atoms with Crippen molar-refractivity contribution in [2.45, 2.75) is 30.8 Å². The van der Waals surface area contributed by atoms with E-state index in [1.165, 1.54) is 38.9 Å². The van der Waals surface area contributed by atoms with Crippen LogP contribution in [0.5, 0.6) is 0 Å². The second kappa shape index (κ2) is 7.00. The summed E-state index contributed by atoms with van der Waals surface area (Å²) in [5.74, 6) is 1.25. The van der Waals surface area contributed by atoms with Crippen molar-refractivity contribution in [1.29, 1.82) is 0 Å². The lowest BCUT2D eigenvalue weighted by Crippen LogP contribution is -2.22. The summed E-state index contributed by atoms with van der Waals surface area (Å²) in [7, 11) is 1.96. The van der Waals surface area contributed by atoms with Gasteiger partial charge in [0.1, 0.15) is 5.69 Å². The van der Waals surface area contributed by atoms with Crippen LogP contribution in [0.15, 0.2) is 23.5 Å². The Morgan fingerprint density at radius 1 is 1.31 bits per heavy atom. The van der Waals surface area contributed by atoms with Crippen molar-refractivity contribution in [2.75, 3.05) is 25.4 Å². The minimum Gasteiger partial charge on any atom is -0.364 e. The Labute approximate surface area is 157 Å². The van der Waals surface area contributed by atoms with Crippen LogP contribution in [0.25, 0.3) is 11.4 Å². The van der Waals surface area contributed by atoms with E-state index >= 15 is 0 Å². The number of hydrogen-bond acceptors (Lipinski definition) is 6. The fourth-order valence-electron chi connectivity index (χ4n) is 3.62. The lowest BCUT2D eigenvalue weighted by atomic mass is 10.1. The standard InChI is InChI=1S/C18H24N6OS/c1-23-16(13-3-4-14(15(19)25)20-11-13)21-22-17(23)26-10-2-8-24-9-7-18(12-24)5-6-18/h3-4,11H,2,5-10,12H2,1H3,(H2,19,25). The largest absolute Gasteiger partial charge is 0.364 e. The number of aromatic nitrogens is 4. The van der Waals surface area contributed by atoms with Crippen molar-refractivity contribution in [3.63, 3.8) is 0 Å². The van der Waals surface area contributed by atoms with Gasteiger partial charge in [0.15, 0.2) is 11.0 Å². The van der Waals surface area contributed by atoms with E-state index in [0.717, 1.165) is 28.7 Å². The number of pyridine rings is 1. The molecule has 0 atom stereocenters. The molecule has 2 N–H and O–H groups in total. The molecule has 1 aliphatic carbocycles. The summed E-state index contributed by atoms with van der Waals surface area (Å²) in [5, 5.41) is 9.47. The third-order valence-electron chi connectivity index (χ3n) is 5.43. The molecule has 7 nitrogen and oxygen atoms in total. The Bertz CT molecular complexity index is 799. The van der Waals surface area contributed by atoms with Crippen LogP contribution >= 0.6 is 11.8 Å². The maximum Gasteiger partial charge on any atom is 0.267 e. The van der Waals surface area contributed by atoms with Crippen molar-refractivity contribution in [2.24, 2.45) is 18.2 Å². The second-order valence-electron chi connectivity index (χ2n) is 7.39. The number of likely N-dealkylation sites (tertiary alicyclic amines) is 1. The van der Waals surface area contributed by atoms with E-state index in [0.29, 0.717) is 5.41 Å². The lowest BCUT2D eigenvalue weighted by molar-refractivity contribution is 0.0995. The maximum atomic E-state index is 11.1. The van der Waals surface area contributed by atoms with E-state index in [2.05, 4.69) is 20.1 Å². The van der Waals surface area contributed by atoms with Crippen LogP contribution < -0.4 is 5.73 Å². The van der Waals surface area contributed by atoms with Gasteiger partial charge in [0.2, 0.25) is 0 Å². The van der Waals surface area contributed by atoms with Gasteiger partial charge in [0, 0.05) is 31.1 Å². The summed E-state index contributed by atoms with van der Waals surface area (Å²) in [6.07, 6.45) is 7.05. The molecule has 8 heteroatoms. The number of amides is 1. The number of hydrogen-bond donors (Lipinski definition) is 1. The molecule has 26 heavy (non-hydrogen) atoms. The van der Waals surface area contributed by atoms with Crippen LogP contribution in [0.3, 0.4) is 0 Å². The van der Waals surface area contributed by atoms with Gasteiger partial charge in [-0.3, -0.25) is 9.78 Å². The lowest BCUT2D eigenvalue weighted by Gasteiger charge is -2.15. The predicted molar refractivity (Wildman–Crippen MR) is 101 cm³/mol. The molecule has 0 bridgehead atoms. The van der Waals surface area contributed by atoms with Gasteiger partial charge in [-0.1, -0.05) is 11.8 Å². The third kappa shape index (κ3) is 3.61. The van der Waals surface area contributed by atoms with Gasteiger partial charge in [-0.15, -0.1) is 10.2 Å². The Hall–Kier alpha value is -1.93. The highest BCUT2D eigenvalue weighted by Gasteiger charge is 2.47. The first-order chi connectivity index (χ1) is 12.6. The van der Waals surface area contributed by atoms with Crippen LogP contribution in [0.4, 0.5) is 0 Å². The van der Waals surface area contributed by atoms with Gasteiger partial charge >= 0.3 is 0 Å². The number of rotatable bonds is 7. The van der Waals surface area contributed by atoms with E-state index in [4.69, 9.17) is 5.73 Å². The molecule has 1 saturated heterocycles. The molecule has 0 aromatic carbocycles. The first-order valence-corrected chi connectivity index (χ1v) is 10.1. The van der Waals surface area contributed by atoms with Gasteiger partial charge in [-0.25, -0.2) is 0 Å². The van der Waals surface area contributed by atoms with Gasteiger partial charge in [0.25, 0.3) is 5.91 Å². The highest BCUT2D eigenvalue weighted by molar-refractivity contribution is 7.99. The summed E-state index contributed by atoms with van der Waals surface area (Å²) < 4.78 is 1.97. The fourth-order valence-corrected chi connectivity index (χ4v) is 4.45. The molecular formula is C18H24N6OS. The van der Waals surface area contributed by atoms with E-state index in [9.17, 15) is 4.79 Å². The van der Waals surface area contributed by atoms with E-state index in [1.807, 2.05) is 11.6 Å². The Balaban J connectivity index is 1.30. The van der Waals surface area contributed by atoms with Crippen LogP contribution in [0.2, 0.25) is 0 Å².